The number of aromatic nitrogens is 3. The number of rotatable bonds is 3. The third-order valence-electron chi connectivity index (χ3n) is 2.27. The molecule has 2 aromatic rings. The molecule has 0 bridgehead atoms. The molecule has 5 nitrogen and oxygen atoms in total. The van der Waals surface area contributed by atoms with Crippen LogP contribution in [0.4, 0.5) is 11.6 Å². The Hall–Kier alpha value is -1.75. The minimum atomic E-state index is 0.552. The summed E-state index contributed by atoms with van der Waals surface area (Å²) in [6.07, 6.45) is 3.40. The van der Waals surface area contributed by atoms with Gasteiger partial charge in [0.25, 0.3) is 0 Å². The minimum Gasteiger partial charge on any atom is -0.384 e. The predicted octanol–water partition coefficient (Wildman–Crippen LogP) is 1.66. The molecule has 0 unspecified atom stereocenters. The van der Waals surface area contributed by atoms with E-state index in [-0.39, 0.29) is 0 Å². The van der Waals surface area contributed by atoms with Crippen molar-refractivity contribution in [2.24, 2.45) is 7.05 Å². The van der Waals surface area contributed by atoms with Crippen molar-refractivity contribution >= 4 is 23.2 Å². The second-order valence-corrected chi connectivity index (χ2v) is 3.77. The number of nitrogens with one attached hydrogen (secondary N) is 1. The smallest absolute Gasteiger partial charge is 0.145 e. The van der Waals surface area contributed by atoms with Gasteiger partial charge < -0.3 is 11.1 Å². The molecule has 0 amide bonds. The summed E-state index contributed by atoms with van der Waals surface area (Å²) in [7, 11) is 1.80. The van der Waals surface area contributed by atoms with Crippen LogP contribution in [0.1, 0.15) is 5.56 Å². The van der Waals surface area contributed by atoms with Gasteiger partial charge in [-0.3, -0.25) is 4.68 Å². The van der Waals surface area contributed by atoms with E-state index in [2.05, 4.69) is 15.4 Å². The first-order chi connectivity index (χ1) is 7.68. The third-order valence-corrected chi connectivity index (χ3v) is 2.57. The first-order valence-electron chi connectivity index (χ1n) is 4.79. The summed E-state index contributed by atoms with van der Waals surface area (Å²) in [5, 5.41) is 7.74. The summed E-state index contributed by atoms with van der Waals surface area (Å²) >= 11 is 5.96. The monoisotopic (exact) mass is 237 g/mol. The summed E-state index contributed by atoms with van der Waals surface area (Å²) in [6.45, 7) is 0.552. The number of aryl methyl sites for hydroxylation is 1. The maximum Gasteiger partial charge on any atom is 0.145 e. The van der Waals surface area contributed by atoms with Gasteiger partial charge in [0.2, 0.25) is 0 Å². The van der Waals surface area contributed by atoms with Gasteiger partial charge in [0.05, 0.1) is 11.2 Å². The van der Waals surface area contributed by atoms with E-state index in [9.17, 15) is 0 Å². The topological polar surface area (TPSA) is 68.8 Å². The van der Waals surface area contributed by atoms with E-state index in [0.29, 0.717) is 23.2 Å². The van der Waals surface area contributed by atoms with E-state index in [1.807, 2.05) is 0 Å². The average molecular weight is 238 g/mol. The van der Waals surface area contributed by atoms with Crippen LogP contribution in [0.25, 0.3) is 0 Å². The van der Waals surface area contributed by atoms with E-state index >= 15 is 0 Å². The van der Waals surface area contributed by atoms with Crippen LogP contribution < -0.4 is 11.1 Å². The van der Waals surface area contributed by atoms with E-state index < -0.39 is 0 Å². The van der Waals surface area contributed by atoms with E-state index in [1.54, 1.807) is 36.3 Å². The van der Waals surface area contributed by atoms with Gasteiger partial charge in [0, 0.05) is 25.4 Å². The quantitative estimate of drug-likeness (QED) is 0.852. The normalized spacial score (nSPS) is 10.4. The molecule has 0 aliphatic heterocycles. The molecule has 2 rings (SSSR count). The molecule has 0 atom stereocenters. The molecule has 16 heavy (non-hydrogen) atoms. The number of nitrogen functional groups attached to an aromatic ring is 1. The lowest BCUT2D eigenvalue weighted by molar-refractivity contribution is 0.778. The van der Waals surface area contributed by atoms with Crippen molar-refractivity contribution in [3.63, 3.8) is 0 Å². The average Bonchev–Trinajstić information content (AvgIpc) is 2.59. The molecule has 0 aliphatic carbocycles. The fourth-order valence-electron chi connectivity index (χ4n) is 1.32. The molecule has 3 N–H and O–H groups in total. The van der Waals surface area contributed by atoms with Gasteiger partial charge >= 0.3 is 0 Å². The highest BCUT2D eigenvalue weighted by atomic mass is 35.5. The van der Waals surface area contributed by atoms with Crippen LogP contribution in [0.2, 0.25) is 5.02 Å². The lowest BCUT2D eigenvalue weighted by Gasteiger charge is -2.06. The van der Waals surface area contributed by atoms with Crippen LogP contribution >= 0.6 is 11.6 Å². The van der Waals surface area contributed by atoms with Gasteiger partial charge in [0.1, 0.15) is 11.6 Å². The fraction of sp³-hybridized carbons (Fsp3) is 0.200. The molecular weight excluding hydrogens is 226 g/mol. The lowest BCUT2D eigenvalue weighted by Crippen LogP contribution is -2.05. The molecule has 0 fully saturated rings. The van der Waals surface area contributed by atoms with Crippen LogP contribution in [-0.4, -0.2) is 14.8 Å². The Morgan fingerprint density at radius 2 is 2.38 bits per heavy atom. The summed E-state index contributed by atoms with van der Waals surface area (Å²) in [5.41, 5.74) is 6.73. The zero-order valence-corrected chi connectivity index (χ0v) is 9.57. The van der Waals surface area contributed by atoms with Crippen molar-refractivity contribution < 1.29 is 0 Å². The molecule has 0 aliphatic rings. The maximum atomic E-state index is 5.96. The molecule has 0 radical (unpaired) electrons. The summed E-state index contributed by atoms with van der Waals surface area (Å²) in [5.74, 6) is 1.28. The van der Waals surface area contributed by atoms with Crippen LogP contribution in [0.3, 0.4) is 0 Å². The zero-order chi connectivity index (χ0) is 11.5. The Kier molecular flexibility index (Phi) is 2.96. The van der Waals surface area contributed by atoms with Crippen molar-refractivity contribution in [1.82, 2.24) is 14.8 Å². The van der Waals surface area contributed by atoms with Crippen molar-refractivity contribution in [2.75, 3.05) is 11.1 Å². The molecule has 0 saturated heterocycles. The van der Waals surface area contributed by atoms with Gasteiger partial charge in [-0.25, -0.2) is 4.98 Å². The van der Waals surface area contributed by atoms with Crippen LogP contribution in [0, 0.1) is 0 Å². The molecule has 0 saturated carbocycles. The first-order valence-corrected chi connectivity index (χ1v) is 5.17. The van der Waals surface area contributed by atoms with Crippen molar-refractivity contribution in [1.29, 1.82) is 0 Å². The van der Waals surface area contributed by atoms with Gasteiger partial charge in [0.15, 0.2) is 0 Å². The highest BCUT2D eigenvalue weighted by Gasteiger charge is 2.05. The zero-order valence-electron chi connectivity index (χ0n) is 8.81. The standard InChI is InChI=1S/C10H12ClN5/c1-16-9(12)7(6-15-16)5-14-10-8(11)3-2-4-13-10/h2-4,6H,5,12H2,1H3,(H,13,14). The molecule has 2 aromatic heterocycles. The highest BCUT2D eigenvalue weighted by Crippen LogP contribution is 2.19. The second-order valence-electron chi connectivity index (χ2n) is 3.37. The summed E-state index contributed by atoms with van der Waals surface area (Å²) < 4.78 is 1.62. The molecule has 0 aromatic carbocycles. The lowest BCUT2D eigenvalue weighted by atomic mass is 10.3. The Morgan fingerprint density at radius 3 is 3.00 bits per heavy atom. The number of nitrogens with two attached hydrogens (primary N) is 1. The number of pyridine rings is 1. The Morgan fingerprint density at radius 1 is 1.56 bits per heavy atom. The van der Waals surface area contributed by atoms with E-state index in [1.165, 1.54) is 0 Å². The van der Waals surface area contributed by atoms with Crippen molar-refractivity contribution in [2.45, 2.75) is 6.54 Å². The molecule has 2 heterocycles. The Bertz CT molecular complexity index is 494. The summed E-state index contributed by atoms with van der Waals surface area (Å²) in [4.78, 5) is 4.12. The number of hydrogen-bond acceptors (Lipinski definition) is 4. The van der Waals surface area contributed by atoms with Crippen molar-refractivity contribution in [3.8, 4) is 0 Å². The van der Waals surface area contributed by atoms with Crippen LogP contribution in [0.5, 0.6) is 0 Å². The Balaban J connectivity index is 2.08. The maximum absolute atomic E-state index is 5.96. The third kappa shape index (κ3) is 2.09. The van der Waals surface area contributed by atoms with E-state index in [4.69, 9.17) is 17.3 Å². The number of halogens is 1. The molecular formula is C10H12ClN5. The van der Waals surface area contributed by atoms with E-state index in [0.717, 1.165) is 5.56 Å². The van der Waals surface area contributed by atoms with Crippen LogP contribution in [-0.2, 0) is 13.6 Å². The molecule has 84 valence electrons. The predicted molar refractivity (Wildman–Crippen MR) is 64.2 cm³/mol. The Labute approximate surface area is 98.2 Å². The van der Waals surface area contributed by atoms with Gasteiger partial charge in [-0.15, -0.1) is 0 Å². The number of hydrogen-bond donors (Lipinski definition) is 2. The number of nitrogens with zero attached hydrogens (tertiary/aromatic N) is 3. The molecule has 0 spiro atoms. The van der Waals surface area contributed by atoms with Gasteiger partial charge in [-0.1, -0.05) is 11.6 Å². The van der Waals surface area contributed by atoms with Crippen molar-refractivity contribution in [3.05, 3.63) is 35.1 Å². The first kappa shape index (κ1) is 10.8. The largest absolute Gasteiger partial charge is 0.384 e. The SMILES string of the molecule is Cn1ncc(CNc2ncccc2Cl)c1N. The second kappa shape index (κ2) is 4.40. The summed E-state index contributed by atoms with van der Waals surface area (Å²) in [6, 6.07) is 3.56. The van der Waals surface area contributed by atoms with Gasteiger partial charge in [-0.2, -0.15) is 5.10 Å². The van der Waals surface area contributed by atoms with Crippen LogP contribution in [0.15, 0.2) is 24.5 Å². The van der Waals surface area contributed by atoms with Gasteiger partial charge in [-0.05, 0) is 12.1 Å². The molecule has 6 heteroatoms. The minimum absolute atomic E-state index is 0.552. The fourth-order valence-corrected chi connectivity index (χ4v) is 1.51. The highest BCUT2D eigenvalue weighted by molar-refractivity contribution is 6.32. The number of anilines is 2.